The molecule has 3 aromatic carbocycles. The minimum atomic E-state index is -0.895. The van der Waals surface area contributed by atoms with E-state index in [1.807, 2.05) is 72.8 Å². The van der Waals surface area contributed by atoms with Crippen molar-refractivity contribution in [3.8, 4) is 0 Å². The van der Waals surface area contributed by atoms with Gasteiger partial charge in [-0.3, -0.25) is 0 Å². The Morgan fingerprint density at radius 2 is 1.59 bits per heavy atom. The predicted octanol–water partition coefficient (Wildman–Crippen LogP) is 3.67. The maximum atomic E-state index is 13.1. The van der Waals surface area contributed by atoms with Crippen LogP contribution in [-0.2, 0) is 16.1 Å². The molecule has 0 aliphatic heterocycles. The summed E-state index contributed by atoms with van der Waals surface area (Å²) in [5.74, 6) is -0.270. The van der Waals surface area contributed by atoms with E-state index in [4.69, 9.17) is 4.74 Å². The topological polar surface area (TPSA) is 60.5 Å². The van der Waals surface area contributed by atoms with Crippen molar-refractivity contribution in [1.29, 1.82) is 0 Å². The normalized spacial score (nSPS) is 16.5. The first kappa shape index (κ1) is 19.2. The lowest BCUT2D eigenvalue weighted by Gasteiger charge is -2.26. The highest BCUT2D eigenvalue weighted by molar-refractivity contribution is 6.03. The summed E-state index contributed by atoms with van der Waals surface area (Å²) in [6, 6.07) is 23.4. The Morgan fingerprint density at radius 3 is 2.38 bits per heavy atom. The first-order valence-corrected chi connectivity index (χ1v) is 10.2. The summed E-state index contributed by atoms with van der Waals surface area (Å²) in [5, 5.41) is 13.0. The number of benzene rings is 3. The molecule has 3 aromatic rings. The minimum Gasteiger partial charge on any atom is -0.460 e. The molecule has 0 heterocycles. The molecule has 0 spiro atoms. The molecule has 0 saturated heterocycles. The summed E-state index contributed by atoms with van der Waals surface area (Å²) in [4.78, 5) is 16.3. The smallest absolute Gasteiger partial charge is 0.378 e. The maximum Gasteiger partial charge on any atom is 0.378 e. The van der Waals surface area contributed by atoms with Gasteiger partial charge in [-0.2, -0.15) is 4.99 Å². The largest absolute Gasteiger partial charge is 0.460 e. The molecule has 0 radical (unpaired) electrons. The van der Waals surface area contributed by atoms with E-state index in [9.17, 15) is 9.90 Å². The fraction of sp³-hybridized carbons (Fsp3) is 0.280. The van der Waals surface area contributed by atoms with Crippen molar-refractivity contribution < 1.29 is 19.6 Å². The number of hydrogen-bond acceptors (Lipinski definition) is 2. The Bertz CT molecular complexity index is 1020. The standard InChI is InChI=1S/C25H25NO3/c27-23(22-15-9-13-20-12-5-6-14-21(20)22)26-25(16-7-2-8-17-25)24(28)29-18-19-10-3-1-4-11-19/h1,3-6,9-15H,2,7-8,16-18H2,(H,26,27)/p+1. The van der Waals surface area contributed by atoms with E-state index in [1.165, 1.54) is 0 Å². The fourth-order valence-electron chi connectivity index (χ4n) is 4.12. The Labute approximate surface area is 170 Å². The van der Waals surface area contributed by atoms with E-state index in [0.29, 0.717) is 18.4 Å². The third kappa shape index (κ3) is 4.16. The maximum absolute atomic E-state index is 13.1. The van der Waals surface area contributed by atoms with Crippen molar-refractivity contribution in [2.45, 2.75) is 44.2 Å². The Morgan fingerprint density at radius 1 is 0.897 bits per heavy atom. The zero-order chi connectivity index (χ0) is 20.1. The van der Waals surface area contributed by atoms with Gasteiger partial charge in [0.05, 0.1) is 5.56 Å². The van der Waals surface area contributed by atoms with Gasteiger partial charge < -0.3 is 9.84 Å². The Balaban J connectivity index is 1.64. The fourth-order valence-corrected chi connectivity index (χ4v) is 4.12. The van der Waals surface area contributed by atoms with Gasteiger partial charge in [0.25, 0.3) is 5.54 Å². The first-order valence-electron chi connectivity index (χ1n) is 10.2. The molecule has 4 nitrogen and oxygen atoms in total. The number of esters is 1. The van der Waals surface area contributed by atoms with Crippen LogP contribution in [0.2, 0.25) is 0 Å². The summed E-state index contributed by atoms with van der Waals surface area (Å²) < 4.78 is 5.67. The first-order chi connectivity index (χ1) is 14.2. The molecular formula is C25H26NO3+. The van der Waals surface area contributed by atoms with Crippen molar-refractivity contribution in [1.82, 2.24) is 0 Å². The molecular weight excluding hydrogens is 362 g/mol. The number of aliphatic hydroxyl groups excluding tert-OH is 1. The van der Waals surface area contributed by atoms with Gasteiger partial charge in [-0.25, -0.2) is 4.79 Å². The van der Waals surface area contributed by atoms with Crippen LogP contribution in [-0.4, -0.2) is 22.5 Å². The average molecular weight is 388 g/mol. The summed E-state index contributed by atoms with van der Waals surface area (Å²) in [7, 11) is 0. The molecule has 29 heavy (non-hydrogen) atoms. The number of carbonyl (C=O) groups excluding carboxylic acids is 1. The summed E-state index contributed by atoms with van der Waals surface area (Å²) >= 11 is 0. The van der Waals surface area contributed by atoms with E-state index < -0.39 is 5.54 Å². The molecule has 0 amide bonds. The molecule has 2 N–H and O–H groups in total. The summed E-state index contributed by atoms with van der Waals surface area (Å²) in [6.07, 6.45) is 4.24. The SMILES string of the molecule is O=C(OCc1ccccc1)C1([NH+]=C(O)c2cccc3ccccc23)CCCCC1. The summed E-state index contributed by atoms with van der Waals surface area (Å²) in [5.41, 5.74) is 0.756. The van der Waals surface area contributed by atoms with Gasteiger partial charge in [0.15, 0.2) is 0 Å². The minimum absolute atomic E-state index is 0.0281. The molecule has 1 fully saturated rings. The predicted molar refractivity (Wildman–Crippen MR) is 114 cm³/mol. The molecule has 0 bridgehead atoms. The lowest BCUT2D eigenvalue weighted by atomic mass is 9.82. The highest BCUT2D eigenvalue weighted by Gasteiger charge is 2.47. The molecule has 1 aliphatic carbocycles. The van der Waals surface area contributed by atoms with E-state index in [0.717, 1.165) is 35.6 Å². The third-order valence-corrected chi connectivity index (χ3v) is 5.71. The van der Waals surface area contributed by atoms with E-state index >= 15 is 0 Å². The number of nitrogens with one attached hydrogen (secondary N) is 1. The van der Waals surface area contributed by atoms with Gasteiger partial charge in [-0.1, -0.05) is 73.2 Å². The number of carbonyl (C=O) groups is 1. The van der Waals surface area contributed by atoms with Gasteiger partial charge in [-0.05, 0) is 35.2 Å². The lowest BCUT2D eigenvalue weighted by molar-refractivity contribution is -0.550. The van der Waals surface area contributed by atoms with Crippen molar-refractivity contribution >= 4 is 22.6 Å². The van der Waals surface area contributed by atoms with Crippen LogP contribution in [0.1, 0.15) is 43.2 Å². The highest BCUT2D eigenvalue weighted by atomic mass is 16.5. The lowest BCUT2D eigenvalue weighted by Crippen LogP contribution is -2.91. The van der Waals surface area contributed by atoms with Crippen LogP contribution in [0.3, 0.4) is 0 Å². The van der Waals surface area contributed by atoms with Crippen LogP contribution in [0.5, 0.6) is 0 Å². The number of ether oxygens (including phenoxy) is 1. The van der Waals surface area contributed by atoms with Gasteiger partial charge >= 0.3 is 11.9 Å². The Hall–Kier alpha value is -3.14. The second-order valence-electron chi connectivity index (χ2n) is 7.70. The average Bonchev–Trinajstić information content (AvgIpc) is 2.78. The zero-order valence-corrected chi connectivity index (χ0v) is 16.4. The van der Waals surface area contributed by atoms with Crippen LogP contribution in [0.25, 0.3) is 10.8 Å². The monoisotopic (exact) mass is 388 g/mol. The number of fused-ring (bicyclic) bond motifs is 1. The second kappa shape index (κ2) is 8.48. The molecule has 1 aliphatic rings. The van der Waals surface area contributed by atoms with E-state index in [1.54, 1.807) is 0 Å². The van der Waals surface area contributed by atoms with Crippen LogP contribution in [0.4, 0.5) is 0 Å². The molecule has 4 rings (SSSR count). The number of aliphatic hydroxyl groups is 1. The molecule has 4 heteroatoms. The third-order valence-electron chi connectivity index (χ3n) is 5.71. The number of hydrogen-bond donors (Lipinski definition) is 2. The van der Waals surface area contributed by atoms with Gasteiger partial charge in [-0.15, -0.1) is 0 Å². The van der Waals surface area contributed by atoms with Crippen molar-refractivity contribution in [3.05, 3.63) is 83.9 Å². The van der Waals surface area contributed by atoms with Gasteiger partial charge in [0, 0.05) is 12.8 Å². The van der Waals surface area contributed by atoms with E-state index in [2.05, 4.69) is 4.99 Å². The van der Waals surface area contributed by atoms with Crippen molar-refractivity contribution in [2.24, 2.45) is 0 Å². The van der Waals surface area contributed by atoms with Crippen molar-refractivity contribution in [2.75, 3.05) is 0 Å². The second-order valence-corrected chi connectivity index (χ2v) is 7.70. The molecule has 0 unspecified atom stereocenters. The highest BCUT2D eigenvalue weighted by Crippen LogP contribution is 2.26. The molecule has 0 atom stereocenters. The van der Waals surface area contributed by atoms with Crippen LogP contribution in [0.15, 0.2) is 72.8 Å². The van der Waals surface area contributed by atoms with E-state index in [-0.39, 0.29) is 18.5 Å². The quantitative estimate of drug-likeness (QED) is 0.398. The van der Waals surface area contributed by atoms with Crippen molar-refractivity contribution in [3.63, 3.8) is 0 Å². The van der Waals surface area contributed by atoms with Gasteiger partial charge in [0.2, 0.25) is 0 Å². The molecule has 148 valence electrons. The summed E-state index contributed by atoms with van der Waals surface area (Å²) in [6.45, 7) is 0.234. The molecule has 0 aromatic heterocycles. The van der Waals surface area contributed by atoms with Crippen LogP contribution < -0.4 is 4.99 Å². The molecule has 1 saturated carbocycles. The van der Waals surface area contributed by atoms with Crippen LogP contribution in [0, 0.1) is 0 Å². The zero-order valence-electron chi connectivity index (χ0n) is 16.4. The Kier molecular flexibility index (Phi) is 5.61. The van der Waals surface area contributed by atoms with Crippen LogP contribution >= 0.6 is 0 Å². The van der Waals surface area contributed by atoms with Gasteiger partial charge in [0.1, 0.15) is 6.61 Å². The number of rotatable bonds is 5.